The molecule has 0 amide bonds. The normalized spacial score (nSPS) is 12.7. The molecule has 0 aliphatic carbocycles. The lowest BCUT2D eigenvalue weighted by atomic mass is 10.2. The molecule has 1 atom stereocenters. The molecule has 1 aromatic rings. The van der Waals surface area contributed by atoms with Crippen molar-refractivity contribution in [1.29, 1.82) is 0 Å². The Bertz CT molecular complexity index is 359. The van der Waals surface area contributed by atoms with Crippen LogP contribution in [0.1, 0.15) is 26.0 Å². The second-order valence-electron chi connectivity index (χ2n) is 3.81. The monoisotopic (exact) mass is 209 g/mol. The van der Waals surface area contributed by atoms with Crippen molar-refractivity contribution in [2.75, 3.05) is 6.54 Å². The molecule has 0 radical (unpaired) electrons. The zero-order chi connectivity index (χ0) is 11.3. The van der Waals surface area contributed by atoms with Gasteiger partial charge >= 0.3 is 0 Å². The Morgan fingerprint density at radius 2 is 2.33 bits per heavy atom. The maximum Gasteiger partial charge on any atom is 0.253 e. The predicted octanol–water partition coefficient (Wildman–Crippen LogP) is 0.940. The Morgan fingerprint density at radius 1 is 1.60 bits per heavy atom. The molecular formula is C11H19N3O. The predicted molar refractivity (Wildman–Crippen MR) is 61.0 cm³/mol. The Morgan fingerprint density at radius 3 is 2.93 bits per heavy atom. The van der Waals surface area contributed by atoms with E-state index in [1.165, 1.54) is 0 Å². The van der Waals surface area contributed by atoms with Crippen LogP contribution < -0.4 is 10.9 Å². The summed E-state index contributed by atoms with van der Waals surface area (Å²) in [5.41, 5.74) is 0.808. The number of nitrogens with zero attached hydrogens (tertiary/aromatic N) is 2. The van der Waals surface area contributed by atoms with Crippen molar-refractivity contribution in [3.05, 3.63) is 28.4 Å². The number of aryl methyl sites for hydroxylation is 2. The molecule has 1 unspecified atom stereocenters. The Labute approximate surface area is 90.3 Å². The molecule has 1 N–H and O–H groups in total. The van der Waals surface area contributed by atoms with Crippen molar-refractivity contribution in [3.8, 4) is 0 Å². The summed E-state index contributed by atoms with van der Waals surface area (Å²) in [6, 6.07) is 2.00. The first-order valence-corrected chi connectivity index (χ1v) is 5.40. The van der Waals surface area contributed by atoms with Gasteiger partial charge in [0.25, 0.3) is 5.56 Å². The van der Waals surface area contributed by atoms with Gasteiger partial charge in [-0.05, 0) is 26.8 Å². The molecule has 0 spiro atoms. The van der Waals surface area contributed by atoms with E-state index in [4.69, 9.17) is 0 Å². The molecule has 15 heavy (non-hydrogen) atoms. The number of hydrogen-bond acceptors (Lipinski definition) is 3. The topological polar surface area (TPSA) is 46.9 Å². The van der Waals surface area contributed by atoms with Crippen LogP contribution in [0, 0.1) is 6.92 Å². The lowest BCUT2D eigenvalue weighted by molar-refractivity contribution is 0.479. The molecule has 0 fully saturated rings. The third-order valence-corrected chi connectivity index (χ3v) is 2.37. The Kier molecular flexibility index (Phi) is 4.49. The SMILES string of the molecule is CCNC(C)CCn1cnc(C)cc1=O. The van der Waals surface area contributed by atoms with Crippen molar-refractivity contribution in [3.63, 3.8) is 0 Å². The van der Waals surface area contributed by atoms with Crippen LogP contribution in [-0.4, -0.2) is 22.1 Å². The third kappa shape index (κ3) is 3.83. The van der Waals surface area contributed by atoms with Crippen LogP contribution in [0.25, 0.3) is 0 Å². The van der Waals surface area contributed by atoms with Crippen molar-refractivity contribution in [1.82, 2.24) is 14.9 Å². The van der Waals surface area contributed by atoms with Crippen LogP contribution in [-0.2, 0) is 6.54 Å². The van der Waals surface area contributed by atoms with Crippen molar-refractivity contribution in [2.24, 2.45) is 0 Å². The lowest BCUT2D eigenvalue weighted by Gasteiger charge is -2.12. The summed E-state index contributed by atoms with van der Waals surface area (Å²) in [4.78, 5) is 15.6. The smallest absolute Gasteiger partial charge is 0.253 e. The van der Waals surface area contributed by atoms with Crippen LogP contribution >= 0.6 is 0 Å². The average molecular weight is 209 g/mol. The summed E-state index contributed by atoms with van der Waals surface area (Å²) in [6.07, 6.45) is 2.56. The van der Waals surface area contributed by atoms with Gasteiger partial charge in [-0.15, -0.1) is 0 Å². The second kappa shape index (κ2) is 5.66. The maximum atomic E-state index is 11.5. The fourth-order valence-corrected chi connectivity index (χ4v) is 1.47. The molecule has 1 aromatic heterocycles. The molecule has 0 saturated heterocycles. The molecule has 0 aliphatic rings. The first-order chi connectivity index (χ1) is 7.13. The highest BCUT2D eigenvalue weighted by Crippen LogP contribution is 1.93. The standard InChI is InChI=1S/C11H19N3O/c1-4-12-9(2)5-6-14-8-13-10(3)7-11(14)15/h7-9,12H,4-6H2,1-3H3. The van der Waals surface area contributed by atoms with Gasteiger partial charge in [-0.1, -0.05) is 6.92 Å². The number of rotatable bonds is 5. The van der Waals surface area contributed by atoms with Gasteiger partial charge in [0.05, 0.1) is 6.33 Å². The number of aromatic nitrogens is 2. The molecule has 4 nitrogen and oxygen atoms in total. The first kappa shape index (κ1) is 11.9. The van der Waals surface area contributed by atoms with E-state index in [0.717, 1.165) is 25.2 Å². The number of nitrogens with one attached hydrogen (secondary N) is 1. The Hall–Kier alpha value is -1.16. The van der Waals surface area contributed by atoms with Gasteiger partial charge in [0.2, 0.25) is 0 Å². The Balaban J connectivity index is 2.54. The fourth-order valence-electron chi connectivity index (χ4n) is 1.47. The van der Waals surface area contributed by atoms with E-state index in [-0.39, 0.29) is 5.56 Å². The highest BCUT2D eigenvalue weighted by molar-refractivity contribution is 4.95. The fraction of sp³-hybridized carbons (Fsp3) is 0.636. The highest BCUT2D eigenvalue weighted by Gasteiger charge is 2.01. The molecule has 4 heteroatoms. The van der Waals surface area contributed by atoms with Crippen LogP contribution in [0.3, 0.4) is 0 Å². The average Bonchev–Trinajstić information content (AvgIpc) is 2.17. The van der Waals surface area contributed by atoms with Gasteiger partial charge in [0.1, 0.15) is 0 Å². The minimum atomic E-state index is 0.0335. The quantitative estimate of drug-likeness (QED) is 0.785. The van der Waals surface area contributed by atoms with Crippen molar-refractivity contribution in [2.45, 2.75) is 39.8 Å². The zero-order valence-electron chi connectivity index (χ0n) is 9.66. The van der Waals surface area contributed by atoms with E-state index in [1.54, 1.807) is 17.0 Å². The van der Waals surface area contributed by atoms with Gasteiger partial charge in [-0.2, -0.15) is 0 Å². The summed E-state index contributed by atoms with van der Waals surface area (Å²) in [5.74, 6) is 0. The molecule has 0 aromatic carbocycles. The second-order valence-corrected chi connectivity index (χ2v) is 3.81. The minimum absolute atomic E-state index is 0.0335. The van der Waals surface area contributed by atoms with Gasteiger partial charge in [0.15, 0.2) is 0 Å². The van der Waals surface area contributed by atoms with E-state index >= 15 is 0 Å². The molecule has 0 bridgehead atoms. The van der Waals surface area contributed by atoms with Crippen molar-refractivity contribution < 1.29 is 0 Å². The number of hydrogen-bond donors (Lipinski definition) is 1. The van der Waals surface area contributed by atoms with Crippen LogP contribution in [0.4, 0.5) is 0 Å². The van der Waals surface area contributed by atoms with Gasteiger partial charge in [-0.3, -0.25) is 9.36 Å². The minimum Gasteiger partial charge on any atom is -0.314 e. The molecule has 84 valence electrons. The van der Waals surface area contributed by atoms with E-state index in [2.05, 4.69) is 24.1 Å². The van der Waals surface area contributed by atoms with E-state index in [9.17, 15) is 4.79 Å². The van der Waals surface area contributed by atoms with Crippen LogP contribution in [0.15, 0.2) is 17.2 Å². The highest BCUT2D eigenvalue weighted by atomic mass is 16.1. The lowest BCUT2D eigenvalue weighted by Crippen LogP contribution is -2.29. The third-order valence-electron chi connectivity index (χ3n) is 2.37. The largest absolute Gasteiger partial charge is 0.314 e. The zero-order valence-corrected chi connectivity index (χ0v) is 9.66. The summed E-state index contributed by atoms with van der Waals surface area (Å²) < 4.78 is 1.65. The molecule has 1 heterocycles. The summed E-state index contributed by atoms with van der Waals surface area (Å²) >= 11 is 0. The summed E-state index contributed by atoms with van der Waals surface area (Å²) in [7, 11) is 0. The van der Waals surface area contributed by atoms with E-state index in [0.29, 0.717) is 6.04 Å². The van der Waals surface area contributed by atoms with Gasteiger partial charge < -0.3 is 5.32 Å². The molecular weight excluding hydrogens is 190 g/mol. The molecule has 0 saturated carbocycles. The first-order valence-electron chi connectivity index (χ1n) is 5.40. The molecule has 0 aliphatic heterocycles. The van der Waals surface area contributed by atoms with Crippen molar-refractivity contribution >= 4 is 0 Å². The van der Waals surface area contributed by atoms with Crippen LogP contribution in [0.2, 0.25) is 0 Å². The van der Waals surface area contributed by atoms with E-state index < -0.39 is 0 Å². The van der Waals surface area contributed by atoms with E-state index in [1.807, 2.05) is 6.92 Å². The van der Waals surface area contributed by atoms with Gasteiger partial charge in [0, 0.05) is 24.3 Å². The summed E-state index contributed by atoms with van der Waals surface area (Å²) in [5, 5.41) is 3.31. The van der Waals surface area contributed by atoms with Gasteiger partial charge in [-0.25, -0.2) is 4.98 Å². The van der Waals surface area contributed by atoms with Crippen LogP contribution in [0.5, 0.6) is 0 Å². The maximum absolute atomic E-state index is 11.5. The molecule has 1 rings (SSSR count). The summed E-state index contributed by atoms with van der Waals surface area (Å²) in [6.45, 7) is 7.71.